The van der Waals surface area contributed by atoms with Crippen molar-refractivity contribution in [3.63, 3.8) is 0 Å². The van der Waals surface area contributed by atoms with E-state index in [0.29, 0.717) is 40.2 Å². The molecule has 1 amide bonds. The number of fused-ring (bicyclic) bond motifs is 1. The molecule has 0 bridgehead atoms. The van der Waals surface area contributed by atoms with E-state index < -0.39 is 5.97 Å². The maximum Gasteiger partial charge on any atom is 0.340 e. The van der Waals surface area contributed by atoms with Gasteiger partial charge in [0.2, 0.25) is 5.91 Å². The summed E-state index contributed by atoms with van der Waals surface area (Å²) >= 11 is 1.45. The Morgan fingerprint density at radius 1 is 1.41 bits per heavy atom. The first-order valence-electron chi connectivity index (χ1n) is 8.83. The predicted molar refractivity (Wildman–Crippen MR) is 106 cm³/mol. The molecule has 0 fully saturated rings. The molecule has 0 radical (unpaired) electrons. The zero-order valence-electron chi connectivity index (χ0n) is 15.8. The summed E-state index contributed by atoms with van der Waals surface area (Å²) in [5, 5.41) is 9.85. The number of hydrogen-bond acceptors (Lipinski definition) is 8. The van der Waals surface area contributed by atoms with E-state index in [-0.39, 0.29) is 11.9 Å². The summed E-state index contributed by atoms with van der Waals surface area (Å²) in [4.78, 5) is 34.0. The molecule has 0 saturated carbocycles. The number of thiophene rings is 1. The molecule has 1 aliphatic rings. The third-order valence-electron chi connectivity index (χ3n) is 4.20. The molecule has 2 aromatic rings. The Kier molecular flexibility index (Phi) is 5.59. The van der Waals surface area contributed by atoms with Crippen molar-refractivity contribution in [3.8, 4) is 0 Å². The van der Waals surface area contributed by atoms with Gasteiger partial charge >= 0.3 is 5.97 Å². The Morgan fingerprint density at radius 3 is 2.85 bits per heavy atom. The number of aryl methyl sites for hydroxylation is 1. The molecule has 3 heterocycles. The maximum absolute atomic E-state index is 12.4. The van der Waals surface area contributed by atoms with E-state index in [2.05, 4.69) is 39.8 Å². The largest absolute Gasteiger partial charge is 0.465 e. The van der Waals surface area contributed by atoms with Gasteiger partial charge in [0.15, 0.2) is 11.6 Å². The van der Waals surface area contributed by atoms with Gasteiger partial charge in [-0.15, -0.1) is 11.3 Å². The van der Waals surface area contributed by atoms with Gasteiger partial charge in [0, 0.05) is 4.88 Å². The van der Waals surface area contributed by atoms with E-state index in [1.807, 2.05) is 13.0 Å². The Morgan fingerprint density at radius 2 is 2.19 bits per heavy atom. The molecule has 3 rings (SSSR count). The highest BCUT2D eigenvalue weighted by molar-refractivity contribution is 7.16. The van der Waals surface area contributed by atoms with Crippen LogP contribution >= 0.6 is 11.3 Å². The number of ether oxygens (including phenoxy) is 1. The lowest BCUT2D eigenvalue weighted by Gasteiger charge is -2.27. The van der Waals surface area contributed by atoms with Crippen LogP contribution in [-0.2, 0) is 16.0 Å². The summed E-state index contributed by atoms with van der Waals surface area (Å²) in [5.41, 5.74) is 0.921. The smallest absolute Gasteiger partial charge is 0.340 e. The third-order valence-corrected chi connectivity index (χ3v) is 5.39. The fourth-order valence-corrected chi connectivity index (χ4v) is 3.85. The zero-order chi connectivity index (χ0) is 19.6. The highest BCUT2D eigenvalue weighted by Gasteiger charge is 2.29. The molecule has 1 atom stereocenters. The number of carbonyl (C=O) groups excluding carboxylic acids is 2. The first-order valence-corrected chi connectivity index (χ1v) is 9.65. The molecule has 1 unspecified atom stereocenters. The van der Waals surface area contributed by atoms with Gasteiger partial charge in [-0.25, -0.2) is 14.8 Å². The van der Waals surface area contributed by atoms with E-state index in [4.69, 9.17) is 4.74 Å². The molecule has 144 valence electrons. The summed E-state index contributed by atoms with van der Waals surface area (Å²) in [5.74, 6) is 0.816. The average molecular weight is 389 g/mol. The van der Waals surface area contributed by atoms with Crippen LogP contribution in [0.2, 0.25) is 0 Å². The summed E-state index contributed by atoms with van der Waals surface area (Å²) < 4.78 is 4.87. The molecule has 0 aromatic carbocycles. The van der Waals surface area contributed by atoms with Crippen LogP contribution in [0.4, 0.5) is 22.3 Å². The topological polar surface area (TPSA) is 105 Å². The van der Waals surface area contributed by atoms with Gasteiger partial charge in [-0.05, 0) is 24.8 Å². The van der Waals surface area contributed by atoms with Crippen molar-refractivity contribution in [2.24, 2.45) is 5.92 Å². The molecule has 2 aromatic heterocycles. The van der Waals surface area contributed by atoms with Crippen LogP contribution in [0.15, 0.2) is 12.4 Å². The number of nitrogens with zero attached hydrogens (tertiary/aromatic N) is 2. The second-order valence-corrected chi connectivity index (χ2v) is 7.82. The van der Waals surface area contributed by atoms with Gasteiger partial charge in [0.1, 0.15) is 23.1 Å². The second-order valence-electron chi connectivity index (χ2n) is 6.69. The van der Waals surface area contributed by atoms with E-state index in [1.54, 1.807) is 0 Å². The maximum atomic E-state index is 12.4. The van der Waals surface area contributed by atoms with Crippen LogP contribution in [0.5, 0.6) is 0 Å². The normalized spacial score (nSPS) is 15.7. The minimum atomic E-state index is -0.421. The number of amides is 1. The van der Waals surface area contributed by atoms with Gasteiger partial charge < -0.3 is 20.7 Å². The lowest BCUT2D eigenvalue weighted by Crippen LogP contribution is -2.40. The fraction of sp³-hybridized carbons (Fsp3) is 0.444. The molecule has 0 saturated heterocycles. The van der Waals surface area contributed by atoms with Crippen molar-refractivity contribution in [2.45, 2.75) is 39.7 Å². The number of anilines is 4. The van der Waals surface area contributed by atoms with Crippen molar-refractivity contribution in [3.05, 3.63) is 22.8 Å². The van der Waals surface area contributed by atoms with Crippen molar-refractivity contribution in [1.82, 2.24) is 9.97 Å². The SMILES string of the molecule is CCc1cc(C(=O)OC)c(Nc2ncnc3c2NC(=O)C(CC(C)C)N3)s1. The first-order chi connectivity index (χ1) is 12.9. The number of rotatable bonds is 6. The Labute approximate surface area is 161 Å². The van der Waals surface area contributed by atoms with Gasteiger partial charge in [-0.2, -0.15) is 0 Å². The predicted octanol–water partition coefficient (Wildman–Crippen LogP) is 3.41. The number of methoxy groups -OCH3 is 1. The molecule has 0 aliphatic carbocycles. The van der Waals surface area contributed by atoms with Crippen molar-refractivity contribution in [1.29, 1.82) is 0 Å². The zero-order valence-corrected chi connectivity index (χ0v) is 16.6. The van der Waals surface area contributed by atoms with Crippen LogP contribution in [0.3, 0.4) is 0 Å². The number of carbonyl (C=O) groups is 2. The Bertz CT molecular complexity index is 865. The molecule has 9 heteroatoms. The summed E-state index contributed by atoms with van der Waals surface area (Å²) in [7, 11) is 1.35. The van der Waals surface area contributed by atoms with Crippen LogP contribution in [0.1, 0.15) is 42.4 Å². The van der Waals surface area contributed by atoms with Crippen molar-refractivity contribution in [2.75, 3.05) is 23.1 Å². The fourth-order valence-electron chi connectivity index (χ4n) is 2.86. The number of aromatic nitrogens is 2. The lowest BCUT2D eigenvalue weighted by molar-refractivity contribution is -0.117. The minimum absolute atomic E-state index is 0.123. The number of esters is 1. The van der Waals surface area contributed by atoms with Crippen LogP contribution < -0.4 is 16.0 Å². The van der Waals surface area contributed by atoms with Crippen molar-refractivity contribution < 1.29 is 14.3 Å². The van der Waals surface area contributed by atoms with Crippen LogP contribution in [-0.4, -0.2) is 35.0 Å². The minimum Gasteiger partial charge on any atom is -0.465 e. The van der Waals surface area contributed by atoms with Gasteiger partial charge in [-0.1, -0.05) is 20.8 Å². The molecular weight excluding hydrogens is 366 g/mol. The molecular formula is C18H23N5O3S. The summed E-state index contributed by atoms with van der Waals surface area (Å²) in [6.07, 6.45) is 2.92. The summed E-state index contributed by atoms with van der Waals surface area (Å²) in [6.45, 7) is 6.14. The standard InChI is InChI=1S/C18H23N5O3S/c1-5-10-7-11(18(25)26-4)17(27-10)23-15-13-14(19-8-20-15)21-12(6-9(2)3)16(24)22-13/h7-9,12H,5-6H2,1-4H3,(H,22,24)(H2,19,20,21,23). The van der Waals surface area contributed by atoms with E-state index in [9.17, 15) is 9.59 Å². The second kappa shape index (κ2) is 7.91. The van der Waals surface area contributed by atoms with E-state index in [1.165, 1.54) is 24.8 Å². The van der Waals surface area contributed by atoms with Crippen molar-refractivity contribution >= 4 is 45.5 Å². The molecule has 1 aliphatic heterocycles. The first kappa shape index (κ1) is 19.1. The van der Waals surface area contributed by atoms with Crippen LogP contribution in [0, 0.1) is 5.92 Å². The van der Waals surface area contributed by atoms with Crippen LogP contribution in [0.25, 0.3) is 0 Å². The number of hydrogen-bond donors (Lipinski definition) is 3. The highest BCUT2D eigenvalue weighted by Crippen LogP contribution is 2.37. The van der Waals surface area contributed by atoms with Gasteiger partial charge in [-0.3, -0.25) is 4.79 Å². The Balaban J connectivity index is 1.92. The molecule has 8 nitrogen and oxygen atoms in total. The molecule has 27 heavy (non-hydrogen) atoms. The molecule has 0 spiro atoms. The number of nitrogens with one attached hydrogen (secondary N) is 3. The third kappa shape index (κ3) is 4.02. The Hall–Kier alpha value is -2.68. The van der Waals surface area contributed by atoms with Gasteiger partial charge in [0.05, 0.1) is 12.7 Å². The lowest BCUT2D eigenvalue weighted by atomic mass is 10.0. The summed E-state index contributed by atoms with van der Waals surface area (Å²) in [6, 6.07) is 1.47. The average Bonchev–Trinajstić information content (AvgIpc) is 3.05. The quantitative estimate of drug-likeness (QED) is 0.650. The molecule has 3 N–H and O–H groups in total. The monoisotopic (exact) mass is 389 g/mol. The van der Waals surface area contributed by atoms with Gasteiger partial charge in [0.25, 0.3) is 0 Å². The van der Waals surface area contributed by atoms with E-state index in [0.717, 1.165) is 11.3 Å². The van der Waals surface area contributed by atoms with E-state index >= 15 is 0 Å². The highest BCUT2D eigenvalue weighted by atomic mass is 32.1.